The van der Waals surface area contributed by atoms with Crippen molar-refractivity contribution in [3.8, 4) is 5.75 Å². The van der Waals surface area contributed by atoms with E-state index in [1.165, 1.54) is 19.2 Å². The highest BCUT2D eigenvalue weighted by molar-refractivity contribution is 8.04. The molecule has 9 heteroatoms. The van der Waals surface area contributed by atoms with E-state index in [0.29, 0.717) is 11.3 Å². The smallest absolute Gasteiger partial charge is 0.342 e. The maximum atomic E-state index is 13.6. The highest BCUT2D eigenvalue weighted by Gasteiger charge is 2.59. The summed E-state index contributed by atoms with van der Waals surface area (Å²) in [4.78, 5) is 52.9. The van der Waals surface area contributed by atoms with Gasteiger partial charge in [-0.05, 0) is 18.2 Å². The monoisotopic (exact) mass is 436 g/mol. The van der Waals surface area contributed by atoms with Crippen molar-refractivity contribution in [3.05, 3.63) is 70.3 Å². The van der Waals surface area contributed by atoms with Crippen molar-refractivity contribution in [2.45, 2.75) is 11.2 Å². The molecule has 31 heavy (non-hydrogen) atoms. The second-order valence-electron chi connectivity index (χ2n) is 7.27. The fourth-order valence-corrected chi connectivity index (χ4v) is 5.63. The van der Waals surface area contributed by atoms with Gasteiger partial charge in [-0.3, -0.25) is 9.59 Å². The van der Waals surface area contributed by atoms with E-state index < -0.39 is 40.8 Å². The molecule has 2 amide bonds. The van der Waals surface area contributed by atoms with Gasteiger partial charge < -0.3 is 15.2 Å². The van der Waals surface area contributed by atoms with E-state index in [4.69, 9.17) is 15.2 Å². The quantitative estimate of drug-likeness (QED) is 0.431. The van der Waals surface area contributed by atoms with Crippen molar-refractivity contribution < 1.29 is 28.7 Å². The molecule has 0 aromatic heterocycles. The molecule has 2 aromatic carbocycles. The minimum absolute atomic E-state index is 0.0972. The van der Waals surface area contributed by atoms with Crippen LogP contribution in [0.25, 0.3) is 0 Å². The molecule has 5 rings (SSSR count). The number of hydrogen-bond donors (Lipinski definition) is 1. The summed E-state index contributed by atoms with van der Waals surface area (Å²) in [7, 11) is 1.23. The number of amides is 2. The predicted octanol–water partition coefficient (Wildman–Crippen LogP) is 1.95. The van der Waals surface area contributed by atoms with Crippen molar-refractivity contribution in [1.29, 1.82) is 0 Å². The lowest BCUT2D eigenvalue weighted by Gasteiger charge is -2.36. The first-order valence-corrected chi connectivity index (χ1v) is 10.3. The Bertz CT molecular complexity index is 1210. The van der Waals surface area contributed by atoms with Crippen molar-refractivity contribution in [2.24, 2.45) is 11.7 Å². The first-order valence-electron chi connectivity index (χ1n) is 9.46. The summed E-state index contributed by atoms with van der Waals surface area (Å²) < 4.78 is 10.2. The van der Waals surface area contributed by atoms with Crippen LogP contribution in [0.1, 0.15) is 21.8 Å². The first-order chi connectivity index (χ1) is 14.9. The van der Waals surface area contributed by atoms with Crippen molar-refractivity contribution >= 4 is 41.2 Å². The molecule has 0 spiro atoms. The van der Waals surface area contributed by atoms with Crippen LogP contribution in [-0.4, -0.2) is 36.1 Å². The fraction of sp³-hybridized carbons (Fsp3) is 0.182. The molecule has 3 atom stereocenters. The Kier molecular flexibility index (Phi) is 4.37. The molecule has 3 heterocycles. The van der Waals surface area contributed by atoms with Gasteiger partial charge in [0.2, 0.25) is 11.8 Å². The minimum Gasteiger partial charge on any atom is -0.465 e. The second kappa shape index (κ2) is 6.98. The van der Waals surface area contributed by atoms with Crippen LogP contribution in [0.4, 0.5) is 5.69 Å². The summed E-state index contributed by atoms with van der Waals surface area (Å²) >= 11 is 0.980. The van der Waals surface area contributed by atoms with Gasteiger partial charge in [-0.25, -0.2) is 14.5 Å². The van der Waals surface area contributed by atoms with Gasteiger partial charge in [-0.15, -0.1) is 0 Å². The summed E-state index contributed by atoms with van der Waals surface area (Å²) in [6.07, 6.45) is 0. The zero-order valence-electron chi connectivity index (χ0n) is 16.2. The number of imide groups is 1. The molecule has 0 saturated carbocycles. The van der Waals surface area contributed by atoms with Crippen LogP contribution in [0.3, 0.4) is 0 Å². The Morgan fingerprint density at radius 1 is 1.06 bits per heavy atom. The van der Waals surface area contributed by atoms with E-state index in [9.17, 15) is 19.2 Å². The van der Waals surface area contributed by atoms with Crippen LogP contribution in [0.15, 0.2) is 59.1 Å². The highest BCUT2D eigenvalue weighted by Crippen LogP contribution is 2.54. The summed E-state index contributed by atoms with van der Waals surface area (Å²) in [5.41, 5.74) is 7.23. The van der Waals surface area contributed by atoms with Gasteiger partial charge in [0.25, 0.3) is 0 Å². The third-order valence-corrected chi connectivity index (χ3v) is 6.93. The van der Waals surface area contributed by atoms with E-state index in [-0.39, 0.29) is 21.9 Å². The average molecular weight is 436 g/mol. The summed E-state index contributed by atoms with van der Waals surface area (Å²) in [6.45, 7) is 0. The van der Waals surface area contributed by atoms with Crippen LogP contribution >= 0.6 is 11.8 Å². The molecule has 0 bridgehead atoms. The summed E-state index contributed by atoms with van der Waals surface area (Å²) in [6, 6.07) is 13.1. The van der Waals surface area contributed by atoms with Crippen LogP contribution in [0.2, 0.25) is 0 Å². The lowest BCUT2D eigenvalue weighted by Crippen LogP contribution is -2.39. The summed E-state index contributed by atoms with van der Waals surface area (Å²) in [5.74, 6) is -3.51. The Balaban J connectivity index is 1.66. The number of thioether (sulfide) groups is 1. The number of fused-ring (bicyclic) bond motifs is 5. The van der Waals surface area contributed by atoms with E-state index in [2.05, 4.69) is 0 Å². The third kappa shape index (κ3) is 2.70. The normalized spacial score (nSPS) is 24.4. The maximum absolute atomic E-state index is 13.6. The predicted molar refractivity (Wildman–Crippen MR) is 111 cm³/mol. The number of carbonyl (C=O) groups excluding carboxylic acids is 4. The molecule has 3 aliphatic rings. The number of esters is 2. The van der Waals surface area contributed by atoms with Crippen LogP contribution < -0.4 is 15.4 Å². The van der Waals surface area contributed by atoms with Crippen LogP contribution in [-0.2, 0) is 19.1 Å². The number of para-hydroxylation sites is 2. The van der Waals surface area contributed by atoms with E-state index >= 15 is 0 Å². The number of hydrogen-bond acceptors (Lipinski definition) is 8. The maximum Gasteiger partial charge on any atom is 0.342 e. The molecule has 3 aliphatic heterocycles. The van der Waals surface area contributed by atoms with Crippen molar-refractivity contribution in [1.82, 2.24) is 0 Å². The largest absolute Gasteiger partial charge is 0.465 e. The SMILES string of the molecule is COC(=O)c1ccccc1N1C(=O)[C@H]2[C@H](SC(N)=C3C(=O)Oc4ccccc4[C@@H]32)C1=O. The minimum atomic E-state index is -0.862. The van der Waals surface area contributed by atoms with E-state index in [0.717, 1.165) is 16.7 Å². The van der Waals surface area contributed by atoms with Gasteiger partial charge >= 0.3 is 11.9 Å². The second-order valence-corrected chi connectivity index (χ2v) is 8.45. The number of benzene rings is 2. The third-order valence-electron chi connectivity index (χ3n) is 5.71. The standard InChI is InChI=1S/C22H16N2O6S/c1-29-21(27)10-6-2-4-8-12(10)24-19(25)15-14-11-7-3-5-9-13(11)30-22(28)16(14)18(23)31-17(15)20(24)26/h2-9,14-15,17H,23H2,1H3/t14-,15-,17+/m1/s1. The Labute approximate surface area is 181 Å². The Morgan fingerprint density at radius 2 is 1.77 bits per heavy atom. The molecule has 0 unspecified atom stereocenters. The van der Waals surface area contributed by atoms with Crippen molar-refractivity contribution in [2.75, 3.05) is 12.0 Å². The van der Waals surface area contributed by atoms with Gasteiger partial charge in [0.05, 0.1) is 34.9 Å². The zero-order chi connectivity index (χ0) is 21.9. The molecule has 8 nitrogen and oxygen atoms in total. The fourth-order valence-electron chi connectivity index (χ4n) is 4.39. The summed E-state index contributed by atoms with van der Waals surface area (Å²) in [5, 5.41) is -0.666. The van der Waals surface area contributed by atoms with Gasteiger partial charge in [0, 0.05) is 11.5 Å². The highest BCUT2D eigenvalue weighted by atomic mass is 32.2. The number of methoxy groups -OCH3 is 1. The van der Waals surface area contributed by atoms with Gasteiger partial charge in [0.15, 0.2) is 0 Å². The van der Waals surface area contributed by atoms with Gasteiger partial charge in [-0.1, -0.05) is 42.1 Å². The van der Waals surface area contributed by atoms with Crippen LogP contribution in [0.5, 0.6) is 5.75 Å². The number of anilines is 1. The van der Waals surface area contributed by atoms with Crippen LogP contribution in [0, 0.1) is 5.92 Å². The van der Waals surface area contributed by atoms with Crippen molar-refractivity contribution in [3.63, 3.8) is 0 Å². The lowest BCUT2D eigenvalue weighted by molar-refractivity contribution is -0.131. The zero-order valence-corrected chi connectivity index (χ0v) is 17.0. The van der Waals surface area contributed by atoms with Gasteiger partial charge in [-0.2, -0.15) is 0 Å². The lowest BCUT2D eigenvalue weighted by atomic mass is 9.77. The first kappa shape index (κ1) is 19.4. The molecule has 2 N–H and O–H groups in total. The number of ether oxygens (including phenoxy) is 2. The number of carbonyl (C=O) groups is 4. The Morgan fingerprint density at radius 3 is 2.55 bits per heavy atom. The topological polar surface area (TPSA) is 116 Å². The molecular formula is C22H16N2O6S. The molecule has 0 aliphatic carbocycles. The van der Waals surface area contributed by atoms with E-state index in [1.807, 2.05) is 0 Å². The molecular weight excluding hydrogens is 420 g/mol. The molecule has 0 radical (unpaired) electrons. The van der Waals surface area contributed by atoms with Gasteiger partial charge in [0.1, 0.15) is 11.0 Å². The number of nitrogens with two attached hydrogens (primary N) is 1. The number of nitrogens with zero attached hydrogens (tertiary/aromatic N) is 1. The Hall–Kier alpha value is -3.59. The average Bonchev–Trinajstić information content (AvgIpc) is 3.02. The molecule has 1 fully saturated rings. The molecule has 1 saturated heterocycles. The molecule has 156 valence electrons. The van der Waals surface area contributed by atoms with E-state index in [1.54, 1.807) is 36.4 Å². The number of rotatable bonds is 2. The molecule has 2 aromatic rings.